The van der Waals surface area contributed by atoms with Gasteiger partial charge in [0.25, 0.3) is 0 Å². The molecule has 0 heterocycles. The fourth-order valence-electron chi connectivity index (χ4n) is 2.69. The second kappa shape index (κ2) is 10.8. The van der Waals surface area contributed by atoms with Crippen LogP contribution in [-0.2, 0) is 13.2 Å². The highest BCUT2D eigenvalue weighted by molar-refractivity contribution is 9.10. The van der Waals surface area contributed by atoms with Crippen molar-refractivity contribution in [3.63, 3.8) is 0 Å². The third-order valence-corrected chi connectivity index (χ3v) is 6.28. The first-order valence-corrected chi connectivity index (χ1v) is 11.4. The van der Waals surface area contributed by atoms with Gasteiger partial charge in [-0.3, -0.25) is 0 Å². The van der Waals surface area contributed by atoms with Gasteiger partial charge in [-0.2, -0.15) is 0 Å². The second-order valence-corrected chi connectivity index (χ2v) is 8.84. The Hall–Kier alpha value is -1.30. The smallest absolute Gasteiger partial charge is 0.162 e. The lowest BCUT2D eigenvalue weighted by Gasteiger charge is -2.16. The zero-order valence-electron chi connectivity index (χ0n) is 15.9. The highest BCUT2D eigenvalue weighted by Crippen LogP contribution is 2.35. The minimum Gasteiger partial charge on any atom is -0.490 e. The molecule has 0 saturated carbocycles. The van der Waals surface area contributed by atoms with E-state index in [-0.39, 0.29) is 0 Å². The van der Waals surface area contributed by atoms with Crippen LogP contribution in [0.25, 0.3) is 0 Å². The molecule has 0 radical (unpaired) electrons. The first kappa shape index (κ1) is 23.4. The van der Waals surface area contributed by atoms with Crippen LogP contribution in [0, 0.1) is 0 Å². The number of nitrogens with one attached hydrogen (secondary N) is 1. The average molecular weight is 550 g/mol. The van der Waals surface area contributed by atoms with Crippen molar-refractivity contribution < 1.29 is 9.47 Å². The number of anilines is 1. The predicted molar refractivity (Wildman–Crippen MR) is 130 cm³/mol. The molecule has 0 spiro atoms. The minimum atomic E-state index is 0.295. The van der Waals surface area contributed by atoms with Crippen molar-refractivity contribution in [1.82, 2.24) is 0 Å². The molecule has 30 heavy (non-hydrogen) atoms. The normalized spacial score (nSPS) is 10.7. The van der Waals surface area contributed by atoms with Crippen molar-refractivity contribution in [3.05, 3.63) is 84.2 Å². The van der Waals surface area contributed by atoms with Crippen molar-refractivity contribution in [2.45, 2.75) is 20.1 Å². The number of hydrogen-bond acceptors (Lipinski definition) is 3. The molecule has 0 bridgehead atoms. The van der Waals surface area contributed by atoms with Crippen LogP contribution in [0.2, 0.25) is 20.1 Å². The maximum absolute atomic E-state index is 6.24. The summed E-state index contributed by atoms with van der Waals surface area (Å²) in [4.78, 5) is 0. The molecule has 3 rings (SSSR count). The molecule has 8 heteroatoms. The molecule has 0 amide bonds. The van der Waals surface area contributed by atoms with Crippen LogP contribution in [0.5, 0.6) is 11.5 Å². The van der Waals surface area contributed by atoms with Crippen LogP contribution in [0.1, 0.15) is 18.1 Å². The fraction of sp³-hybridized carbons (Fsp3) is 0.182. The molecule has 1 N–H and O–H groups in total. The summed E-state index contributed by atoms with van der Waals surface area (Å²) in [6.45, 7) is 3.29. The van der Waals surface area contributed by atoms with E-state index in [0.717, 1.165) is 21.3 Å². The van der Waals surface area contributed by atoms with Gasteiger partial charge >= 0.3 is 0 Å². The van der Waals surface area contributed by atoms with E-state index < -0.39 is 0 Å². The summed E-state index contributed by atoms with van der Waals surface area (Å²) < 4.78 is 12.7. The number of ether oxygens (including phenoxy) is 2. The van der Waals surface area contributed by atoms with E-state index in [4.69, 9.17) is 55.9 Å². The van der Waals surface area contributed by atoms with Crippen LogP contribution < -0.4 is 14.8 Å². The van der Waals surface area contributed by atoms with E-state index in [2.05, 4.69) is 21.2 Å². The molecule has 3 aromatic rings. The Morgan fingerprint density at radius 2 is 1.57 bits per heavy atom. The van der Waals surface area contributed by atoms with Gasteiger partial charge in [0.1, 0.15) is 6.61 Å². The fourth-order valence-corrected chi connectivity index (χ4v) is 3.92. The molecule has 158 valence electrons. The SMILES string of the molecule is CCOc1cc(CNc2ccc(Cl)c(Cl)c2)c(Br)cc1OCc1ccc(Cl)cc1Cl. The van der Waals surface area contributed by atoms with Crippen LogP contribution >= 0.6 is 62.3 Å². The van der Waals surface area contributed by atoms with E-state index in [1.54, 1.807) is 24.3 Å². The predicted octanol–water partition coefficient (Wildman–Crippen LogP) is 8.65. The van der Waals surface area contributed by atoms with E-state index in [1.807, 2.05) is 31.2 Å². The zero-order chi connectivity index (χ0) is 21.7. The molecule has 0 aliphatic heterocycles. The summed E-state index contributed by atoms with van der Waals surface area (Å²) in [5.41, 5.74) is 2.71. The first-order chi connectivity index (χ1) is 14.4. The lowest BCUT2D eigenvalue weighted by Crippen LogP contribution is -2.04. The van der Waals surface area contributed by atoms with Gasteiger partial charge in [0.05, 0.1) is 16.7 Å². The third kappa shape index (κ3) is 6.12. The first-order valence-electron chi connectivity index (χ1n) is 9.08. The Morgan fingerprint density at radius 1 is 0.800 bits per heavy atom. The average Bonchev–Trinajstić information content (AvgIpc) is 2.70. The second-order valence-electron chi connectivity index (χ2n) is 6.33. The Bertz CT molecular complexity index is 1050. The summed E-state index contributed by atoms with van der Waals surface area (Å²) in [5.74, 6) is 1.27. The highest BCUT2D eigenvalue weighted by Gasteiger charge is 2.13. The summed E-state index contributed by atoms with van der Waals surface area (Å²) >= 11 is 27.9. The standard InChI is InChI=1S/C22H18BrCl4NO2/c1-2-29-21-7-14(11-28-16-5-6-18(25)20(27)9-16)17(23)10-22(21)30-12-13-3-4-15(24)8-19(13)26/h3-10,28H,2,11-12H2,1H3. The van der Waals surface area contributed by atoms with Crippen LogP contribution in [0.4, 0.5) is 5.69 Å². The summed E-state index contributed by atoms with van der Waals surface area (Å²) in [7, 11) is 0. The van der Waals surface area contributed by atoms with E-state index >= 15 is 0 Å². The largest absolute Gasteiger partial charge is 0.490 e. The van der Waals surface area contributed by atoms with Gasteiger partial charge in [-0.05, 0) is 55.0 Å². The summed E-state index contributed by atoms with van der Waals surface area (Å²) in [5, 5.41) is 5.49. The Balaban J connectivity index is 1.76. The quantitative estimate of drug-likeness (QED) is 0.305. The number of rotatable bonds is 8. The third-order valence-electron chi connectivity index (χ3n) is 4.21. The van der Waals surface area contributed by atoms with Crippen LogP contribution in [-0.4, -0.2) is 6.61 Å². The van der Waals surface area contributed by atoms with Crippen molar-refractivity contribution in [2.24, 2.45) is 0 Å². The Kier molecular flexibility index (Phi) is 8.44. The molecule has 0 aliphatic carbocycles. The van der Waals surface area contributed by atoms with Crippen molar-refractivity contribution in [2.75, 3.05) is 11.9 Å². The van der Waals surface area contributed by atoms with Crippen LogP contribution in [0.3, 0.4) is 0 Å². The van der Waals surface area contributed by atoms with Gasteiger partial charge in [-0.1, -0.05) is 68.4 Å². The van der Waals surface area contributed by atoms with Gasteiger partial charge in [0.2, 0.25) is 0 Å². The molecule has 0 unspecified atom stereocenters. The van der Waals surface area contributed by atoms with Gasteiger partial charge in [0.15, 0.2) is 11.5 Å². The molecule has 0 aromatic heterocycles. The topological polar surface area (TPSA) is 30.5 Å². The molecular weight excluding hydrogens is 532 g/mol. The van der Waals surface area contributed by atoms with Crippen molar-refractivity contribution in [3.8, 4) is 11.5 Å². The molecular formula is C22H18BrCl4NO2. The van der Waals surface area contributed by atoms with Crippen LogP contribution in [0.15, 0.2) is 53.0 Å². The molecule has 3 aromatic carbocycles. The lowest BCUT2D eigenvalue weighted by molar-refractivity contribution is 0.269. The maximum atomic E-state index is 6.24. The molecule has 0 aliphatic rings. The summed E-state index contributed by atoms with van der Waals surface area (Å²) in [6, 6.07) is 14.6. The highest BCUT2D eigenvalue weighted by atomic mass is 79.9. The van der Waals surface area contributed by atoms with E-state index in [1.165, 1.54) is 0 Å². The summed E-state index contributed by atoms with van der Waals surface area (Å²) in [6.07, 6.45) is 0. The molecule has 0 saturated heterocycles. The number of hydrogen-bond donors (Lipinski definition) is 1. The van der Waals surface area contributed by atoms with Gasteiger partial charge in [-0.25, -0.2) is 0 Å². The Labute approximate surface area is 204 Å². The molecule has 0 atom stereocenters. The molecule has 0 fully saturated rings. The van der Waals surface area contributed by atoms with Crippen molar-refractivity contribution >= 4 is 68.0 Å². The van der Waals surface area contributed by atoms with E-state index in [0.29, 0.717) is 51.3 Å². The van der Waals surface area contributed by atoms with Gasteiger partial charge in [0, 0.05) is 32.3 Å². The number of halogens is 5. The van der Waals surface area contributed by atoms with Gasteiger partial charge < -0.3 is 14.8 Å². The zero-order valence-corrected chi connectivity index (χ0v) is 20.6. The monoisotopic (exact) mass is 547 g/mol. The lowest BCUT2D eigenvalue weighted by atomic mass is 10.2. The maximum Gasteiger partial charge on any atom is 0.162 e. The minimum absolute atomic E-state index is 0.295. The van der Waals surface area contributed by atoms with Crippen molar-refractivity contribution in [1.29, 1.82) is 0 Å². The van der Waals surface area contributed by atoms with Gasteiger partial charge in [-0.15, -0.1) is 0 Å². The van der Waals surface area contributed by atoms with E-state index in [9.17, 15) is 0 Å². The Morgan fingerprint density at radius 3 is 2.27 bits per heavy atom. The number of benzene rings is 3. The molecule has 3 nitrogen and oxygen atoms in total.